The Morgan fingerprint density at radius 1 is 1.25 bits per heavy atom. The molecule has 3 rings (SSSR count). The van der Waals surface area contributed by atoms with Gasteiger partial charge in [-0.2, -0.15) is 11.8 Å². The minimum atomic E-state index is 0.474. The first-order chi connectivity index (χ1) is 9.84. The molecule has 110 valence electrons. The van der Waals surface area contributed by atoms with E-state index in [0.29, 0.717) is 6.04 Å². The lowest BCUT2D eigenvalue weighted by Crippen LogP contribution is -2.29. The van der Waals surface area contributed by atoms with Crippen molar-refractivity contribution in [3.63, 3.8) is 0 Å². The topological polar surface area (TPSA) is 21.3 Å². The molecular weight excluding hydrogens is 266 g/mol. The van der Waals surface area contributed by atoms with Gasteiger partial charge in [-0.05, 0) is 62.1 Å². The first-order valence-corrected chi connectivity index (χ1v) is 9.03. The third kappa shape index (κ3) is 3.32. The predicted octanol–water partition coefficient (Wildman–Crippen LogP) is 3.94. The van der Waals surface area contributed by atoms with E-state index in [2.05, 4.69) is 42.2 Å². The van der Waals surface area contributed by atoms with Gasteiger partial charge in [-0.3, -0.25) is 0 Å². The molecule has 2 nitrogen and oxygen atoms in total. The number of ether oxygens (including phenoxy) is 1. The predicted molar refractivity (Wildman–Crippen MR) is 86.7 cm³/mol. The second-order valence-electron chi connectivity index (χ2n) is 6.00. The first kappa shape index (κ1) is 14.3. The normalized spacial score (nSPS) is 23.8. The summed E-state index contributed by atoms with van der Waals surface area (Å²) >= 11 is 2.11. The quantitative estimate of drug-likeness (QED) is 0.911. The lowest BCUT2D eigenvalue weighted by atomic mass is 9.97. The van der Waals surface area contributed by atoms with Gasteiger partial charge in [-0.15, -0.1) is 0 Å². The van der Waals surface area contributed by atoms with E-state index in [-0.39, 0.29) is 0 Å². The van der Waals surface area contributed by atoms with Crippen molar-refractivity contribution in [3.05, 3.63) is 29.3 Å². The van der Waals surface area contributed by atoms with Gasteiger partial charge in [-0.25, -0.2) is 0 Å². The van der Waals surface area contributed by atoms with Crippen molar-refractivity contribution in [2.24, 2.45) is 5.92 Å². The Morgan fingerprint density at radius 3 is 2.95 bits per heavy atom. The van der Waals surface area contributed by atoms with E-state index in [4.69, 9.17) is 4.74 Å². The summed E-state index contributed by atoms with van der Waals surface area (Å²) in [6.45, 7) is 4.17. The van der Waals surface area contributed by atoms with Crippen LogP contribution in [-0.4, -0.2) is 24.7 Å². The van der Waals surface area contributed by atoms with E-state index >= 15 is 0 Å². The smallest absolute Gasteiger partial charge is 0.126 e. The summed E-state index contributed by atoms with van der Waals surface area (Å²) in [5.74, 6) is 4.68. The highest BCUT2D eigenvalue weighted by molar-refractivity contribution is 7.99. The average molecular weight is 291 g/mol. The molecule has 2 aliphatic heterocycles. The van der Waals surface area contributed by atoms with Crippen LogP contribution in [0.4, 0.5) is 0 Å². The first-order valence-electron chi connectivity index (χ1n) is 7.88. The molecule has 1 saturated heterocycles. The molecule has 1 fully saturated rings. The number of aryl methyl sites for hydroxylation is 1. The molecule has 1 N–H and O–H groups in total. The van der Waals surface area contributed by atoms with Crippen LogP contribution in [0.25, 0.3) is 0 Å². The summed E-state index contributed by atoms with van der Waals surface area (Å²) < 4.78 is 5.96. The number of nitrogens with one attached hydrogen (secondary N) is 1. The van der Waals surface area contributed by atoms with Gasteiger partial charge >= 0.3 is 0 Å². The molecule has 2 heterocycles. The maximum atomic E-state index is 5.96. The van der Waals surface area contributed by atoms with Crippen LogP contribution < -0.4 is 10.1 Å². The molecule has 1 aromatic carbocycles. The third-order valence-electron chi connectivity index (χ3n) is 4.50. The van der Waals surface area contributed by atoms with Crippen molar-refractivity contribution in [1.82, 2.24) is 5.32 Å². The molecule has 0 spiro atoms. The molecule has 1 atom stereocenters. The molecule has 1 unspecified atom stereocenters. The summed E-state index contributed by atoms with van der Waals surface area (Å²) in [4.78, 5) is 0. The third-order valence-corrected chi connectivity index (χ3v) is 5.54. The molecule has 20 heavy (non-hydrogen) atoms. The van der Waals surface area contributed by atoms with Gasteiger partial charge in [0.25, 0.3) is 0 Å². The van der Waals surface area contributed by atoms with Crippen LogP contribution in [0.1, 0.15) is 42.9 Å². The SMILES string of the molecule is Cc1cccc2c1OCCCC2NCC1CCSCC1. The van der Waals surface area contributed by atoms with Crippen molar-refractivity contribution in [1.29, 1.82) is 0 Å². The molecule has 3 heteroatoms. The van der Waals surface area contributed by atoms with Gasteiger partial charge in [-0.1, -0.05) is 18.2 Å². The zero-order valence-electron chi connectivity index (χ0n) is 12.4. The van der Waals surface area contributed by atoms with Crippen LogP contribution in [0.2, 0.25) is 0 Å². The fourth-order valence-electron chi connectivity index (χ4n) is 3.24. The van der Waals surface area contributed by atoms with E-state index in [0.717, 1.165) is 24.7 Å². The fraction of sp³-hybridized carbons (Fsp3) is 0.647. The highest BCUT2D eigenvalue weighted by Crippen LogP contribution is 2.34. The van der Waals surface area contributed by atoms with Crippen molar-refractivity contribution < 1.29 is 4.74 Å². The summed E-state index contributed by atoms with van der Waals surface area (Å²) in [5.41, 5.74) is 2.64. The Bertz CT molecular complexity index is 443. The Labute approximate surface area is 126 Å². The number of fused-ring (bicyclic) bond motifs is 1. The fourth-order valence-corrected chi connectivity index (χ4v) is 4.44. The minimum absolute atomic E-state index is 0.474. The molecule has 0 saturated carbocycles. The van der Waals surface area contributed by atoms with Crippen LogP contribution in [0.3, 0.4) is 0 Å². The van der Waals surface area contributed by atoms with Gasteiger partial charge in [0, 0.05) is 11.6 Å². The van der Waals surface area contributed by atoms with E-state index in [1.807, 2.05) is 0 Å². The Hall–Kier alpha value is -0.670. The number of para-hydroxylation sites is 1. The van der Waals surface area contributed by atoms with E-state index in [1.165, 1.54) is 48.4 Å². The molecule has 2 aliphatic rings. The van der Waals surface area contributed by atoms with Crippen LogP contribution in [0, 0.1) is 12.8 Å². The van der Waals surface area contributed by atoms with Gasteiger partial charge in [0.05, 0.1) is 6.61 Å². The summed E-state index contributed by atoms with van der Waals surface area (Å²) in [5, 5.41) is 3.83. The summed E-state index contributed by atoms with van der Waals surface area (Å²) in [7, 11) is 0. The monoisotopic (exact) mass is 291 g/mol. The van der Waals surface area contributed by atoms with E-state index < -0.39 is 0 Å². The zero-order valence-corrected chi connectivity index (χ0v) is 13.2. The number of benzene rings is 1. The molecule has 0 radical (unpaired) electrons. The minimum Gasteiger partial charge on any atom is -0.493 e. The number of hydrogen-bond donors (Lipinski definition) is 1. The van der Waals surface area contributed by atoms with Crippen LogP contribution >= 0.6 is 11.8 Å². The lowest BCUT2D eigenvalue weighted by molar-refractivity contribution is 0.312. The molecule has 0 aromatic heterocycles. The van der Waals surface area contributed by atoms with Gasteiger partial charge in [0.2, 0.25) is 0 Å². The molecular formula is C17H25NOS. The number of rotatable bonds is 3. The van der Waals surface area contributed by atoms with Crippen LogP contribution in [0.15, 0.2) is 18.2 Å². The maximum absolute atomic E-state index is 5.96. The highest BCUT2D eigenvalue weighted by Gasteiger charge is 2.22. The largest absolute Gasteiger partial charge is 0.493 e. The van der Waals surface area contributed by atoms with Gasteiger partial charge < -0.3 is 10.1 Å². The Kier molecular flexibility index (Phi) is 4.90. The summed E-state index contributed by atoms with van der Waals surface area (Å²) in [6, 6.07) is 7.03. The van der Waals surface area contributed by atoms with Crippen molar-refractivity contribution in [2.75, 3.05) is 24.7 Å². The second-order valence-corrected chi connectivity index (χ2v) is 7.23. The number of hydrogen-bond acceptors (Lipinski definition) is 3. The zero-order chi connectivity index (χ0) is 13.8. The molecule has 1 aromatic rings. The van der Waals surface area contributed by atoms with Crippen LogP contribution in [-0.2, 0) is 0 Å². The average Bonchev–Trinajstić information content (AvgIpc) is 2.70. The summed E-state index contributed by atoms with van der Waals surface area (Å²) in [6.07, 6.45) is 5.09. The van der Waals surface area contributed by atoms with Crippen LogP contribution in [0.5, 0.6) is 5.75 Å². The Morgan fingerprint density at radius 2 is 2.10 bits per heavy atom. The molecule has 0 amide bonds. The number of thioether (sulfide) groups is 1. The van der Waals surface area contributed by atoms with E-state index in [9.17, 15) is 0 Å². The van der Waals surface area contributed by atoms with Crippen molar-refractivity contribution in [3.8, 4) is 5.75 Å². The molecule has 0 bridgehead atoms. The highest BCUT2D eigenvalue weighted by atomic mass is 32.2. The lowest BCUT2D eigenvalue weighted by Gasteiger charge is -2.25. The standard InChI is InChI=1S/C17H25NOS/c1-13-4-2-5-15-16(6-3-9-19-17(13)15)18-12-14-7-10-20-11-8-14/h2,4-5,14,16,18H,3,6-12H2,1H3. The second kappa shape index (κ2) is 6.86. The Balaban J connectivity index is 1.68. The molecule has 0 aliphatic carbocycles. The van der Waals surface area contributed by atoms with Crippen molar-refractivity contribution >= 4 is 11.8 Å². The maximum Gasteiger partial charge on any atom is 0.126 e. The van der Waals surface area contributed by atoms with Gasteiger partial charge in [0.1, 0.15) is 5.75 Å². The van der Waals surface area contributed by atoms with Gasteiger partial charge in [0.15, 0.2) is 0 Å². The van der Waals surface area contributed by atoms with E-state index in [1.54, 1.807) is 0 Å². The van der Waals surface area contributed by atoms with Crippen molar-refractivity contribution in [2.45, 2.75) is 38.6 Å².